The van der Waals surface area contributed by atoms with Gasteiger partial charge in [-0.2, -0.15) is 0 Å². The number of aryl methyl sites for hydroxylation is 3. The Kier molecular flexibility index (Phi) is 8.59. The van der Waals surface area contributed by atoms with Crippen LogP contribution >= 0.6 is 39.0 Å². The molecule has 0 aliphatic heterocycles. The highest BCUT2D eigenvalue weighted by molar-refractivity contribution is 9.10. The number of phenolic OH excluding ortho intramolecular Hbond substituents is 1. The van der Waals surface area contributed by atoms with Gasteiger partial charge in [-0.1, -0.05) is 45.4 Å². The van der Waals surface area contributed by atoms with Gasteiger partial charge in [0.1, 0.15) is 10.8 Å². The first-order valence-corrected chi connectivity index (χ1v) is 14.4. The van der Waals surface area contributed by atoms with Crippen LogP contribution in [0.3, 0.4) is 0 Å². The van der Waals surface area contributed by atoms with E-state index in [2.05, 4.69) is 37.5 Å². The number of nitrogens with one attached hydrogen (secondary N) is 1. The Morgan fingerprint density at radius 2 is 1.89 bits per heavy atom. The van der Waals surface area contributed by atoms with Crippen molar-refractivity contribution >= 4 is 55.9 Å². The summed E-state index contributed by atoms with van der Waals surface area (Å²) in [4.78, 5) is 26.4. The maximum atomic E-state index is 13.0. The third-order valence-electron chi connectivity index (χ3n) is 5.88. The van der Waals surface area contributed by atoms with Crippen molar-refractivity contribution in [1.29, 1.82) is 0 Å². The van der Waals surface area contributed by atoms with Crippen LogP contribution in [0.25, 0.3) is 17.1 Å². The van der Waals surface area contributed by atoms with E-state index in [4.69, 9.17) is 4.74 Å². The van der Waals surface area contributed by atoms with Crippen LogP contribution in [0.2, 0.25) is 0 Å². The number of benzene rings is 2. The molecule has 0 unspecified atom stereocenters. The van der Waals surface area contributed by atoms with Gasteiger partial charge in [-0.05, 0) is 70.0 Å². The lowest BCUT2D eigenvalue weighted by Gasteiger charge is -2.14. The second-order valence-electron chi connectivity index (χ2n) is 8.64. The van der Waals surface area contributed by atoms with Crippen molar-refractivity contribution in [3.63, 3.8) is 0 Å². The number of halogens is 1. The summed E-state index contributed by atoms with van der Waals surface area (Å²) in [6, 6.07) is 11.1. The van der Waals surface area contributed by atoms with Gasteiger partial charge in [0.05, 0.1) is 29.2 Å². The average Bonchev–Trinajstić information content (AvgIpc) is 3.39. The van der Waals surface area contributed by atoms with E-state index in [1.165, 1.54) is 23.1 Å². The number of phenols is 1. The molecule has 1 amide bonds. The summed E-state index contributed by atoms with van der Waals surface area (Å²) >= 11 is 6.02. The lowest BCUT2D eigenvalue weighted by molar-refractivity contribution is -0.113. The van der Waals surface area contributed by atoms with Crippen LogP contribution in [0.15, 0.2) is 46.0 Å². The topological polar surface area (TPSA) is 106 Å². The summed E-state index contributed by atoms with van der Waals surface area (Å²) in [5, 5.41) is 23.2. The van der Waals surface area contributed by atoms with E-state index < -0.39 is 5.97 Å². The molecule has 0 fully saturated rings. The van der Waals surface area contributed by atoms with Gasteiger partial charge in [0, 0.05) is 9.35 Å². The number of thiophene rings is 1. The van der Waals surface area contributed by atoms with Crippen LogP contribution in [0.1, 0.15) is 38.8 Å². The zero-order valence-electron chi connectivity index (χ0n) is 21.6. The SMILES string of the molecule is CCOC(=O)c1c(NC(=O)CSc2nnc(-c3cc(Br)ccc3O)n2-c2ccc(C)cc2C)sc(C)c1C. The summed E-state index contributed by atoms with van der Waals surface area (Å²) in [5.74, 6) is -0.191. The van der Waals surface area contributed by atoms with E-state index in [1.54, 1.807) is 25.1 Å². The minimum absolute atomic E-state index is 0.0335. The molecule has 38 heavy (non-hydrogen) atoms. The first-order valence-electron chi connectivity index (χ1n) is 11.8. The van der Waals surface area contributed by atoms with Gasteiger partial charge in [-0.3, -0.25) is 9.36 Å². The summed E-state index contributed by atoms with van der Waals surface area (Å²) in [5.41, 5.74) is 4.64. The Morgan fingerprint density at radius 1 is 1.13 bits per heavy atom. The smallest absolute Gasteiger partial charge is 0.341 e. The highest BCUT2D eigenvalue weighted by Crippen LogP contribution is 2.36. The number of esters is 1. The summed E-state index contributed by atoms with van der Waals surface area (Å²) < 4.78 is 7.82. The van der Waals surface area contributed by atoms with E-state index in [0.717, 1.165) is 31.7 Å². The molecule has 2 N–H and O–H groups in total. The molecule has 198 valence electrons. The highest BCUT2D eigenvalue weighted by atomic mass is 79.9. The molecule has 2 aromatic heterocycles. The summed E-state index contributed by atoms with van der Waals surface area (Å²) in [6.45, 7) is 9.75. The van der Waals surface area contributed by atoms with Crippen molar-refractivity contribution in [3.05, 3.63) is 68.0 Å². The van der Waals surface area contributed by atoms with Gasteiger partial charge in [0.2, 0.25) is 5.91 Å². The molecule has 2 aromatic carbocycles. The number of carbonyl (C=O) groups is 2. The predicted octanol–water partition coefficient (Wildman–Crippen LogP) is 6.61. The number of amides is 1. The molecule has 0 aliphatic rings. The van der Waals surface area contributed by atoms with Crippen molar-refractivity contribution in [1.82, 2.24) is 14.8 Å². The largest absolute Gasteiger partial charge is 0.507 e. The van der Waals surface area contributed by atoms with E-state index in [1.807, 2.05) is 44.4 Å². The first kappa shape index (κ1) is 27.9. The number of rotatable bonds is 8. The number of aromatic hydroxyl groups is 1. The molecule has 0 spiro atoms. The first-order chi connectivity index (χ1) is 18.1. The second kappa shape index (κ2) is 11.7. The Bertz CT molecular complexity index is 1530. The molecule has 0 saturated carbocycles. The number of anilines is 1. The Hall–Kier alpha value is -3.15. The summed E-state index contributed by atoms with van der Waals surface area (Å²) in [7, 11) is 0. The van der Waals surface area contributed by atoms with Crippen molar-refractivity contribution in [3.8, 4) is 22.8 Å². The van der Waals surface area contributed by atoms with E-state index >= 15 is 0 Å². The van der Waals surface area contributed by atoms with Gasteiger partial charge in [0.15, 0.2) is 11.0 Å². The number of carbonyl (C=O) groups excluding carboxylic acids is 2. The van der Waals surface area contributed by atoms with Crippen molar-refractivity contribution in [2.45, 2.75) is 39.8 Å². The van der Waals surface area contributed by atoms with Crippen LogP contribution in [0.5, 0.6) is 5.75 Å². The lowest BCUT2D eigenvalue weighted by atomic mass is 10.1. The van der Waals surface area contributed by atoms with Crippen molar-refractivity contribution in [2.75, 3.05) is 17.7 Å². The maximum Gasteiger partial charge on any atom is 0.341 e. The molecular formula is C27H27BrN4O4S2. The number of hydrogen-bond donors (Lipinski definition) is 2. The van der Waals surface area contributed by atoms with Gasteiger partial charge in [-0.15, -0.1) is 21.5 Å². The normalized spacial score (nSPS) is 11.0. The number of nitrogens with zero attached hydrogens (tertiary/aromatic N) is 3. The van der Waals surface area contributed by atoms with E-state index in [0.29, 0.717) is 27.1 Å². The quantitative estimate of drug-likeness (QED) is 0.170. The van der Waals surface area contributed by atoms with Gasteiger partial charge in [-0.25, -0.2) is 4.79 Å². The number of thioether (sulfide) groups is 1. The Balaban J connectivity index is 1.65. The number of hydrogen-bond acceptors (Lipinski definition) is 8. The van der Waals surface area contributed by atoms with Crippen LogP contribution < -0.4 is 5.32 Å². The van der Waals surface area contributed by atoms with Crippen molar-refractivity contribution < 1.29 is 19.4 Å². The minimum atomic E-state index is -0.453. The molecular weight excluding hydrogens is 588 g/mol. The summed E-state index contributed by atoms with van der Waals surface area (Å²) in [6.07, 6.45) is 0. The van der Waals surface area contributed by atoms with Crippen LogP contribution in [0.4, 0.5) is 5.00 Å². The molecule has 8 nitrogen and oxygen atoms in total. The second-order valence-corrected chi connectivity index (χ2v) is 11.7. The number of aromatic nitrogens is 3. The third kappa shape index (κ3) is 5.79. The third-order valence-corrected chi connectivity index (χ3v) is 8.42. The maximum absolute atomic E-state index is 13.0. The predicted molar refractivity (Wildman–Crippen MR) is 155 cm³/mol. The van der Waals surface area contributed by atoms with Crippen LogP contribution in [0, 0.1) is 27.7 Å². The molecule has 4 rings (SSSR count). The zero-order chi connectivity index (χ0) is 27.6. The Labute approximate surface area is 237 Å². The van der Waals surface area contributed by atoms with Gasteiger partial charge < -0.3 is 15.2 Å². The monoisotopic (exact) mass is 614 g/mol. The molecule has 0 bridgehead atoms. The molecule has 11 heteroatoms. The lowest BCUT2D eigenvalue weighted by Crippen LogP contribution is -2.17. The fraction of sp³-hybridized carbons (Fsp3) is 0.259. The fourth-order valence-corrected chi connectivity index (χ4v) is 6.13. The molecule has 0 saturated heterocycles. The standard InChI is InChI=1S/C27H27BrN4O4S2/c1-6-36-26(35)23-16(4)17(5)38-25(23)29-22(34)13-37-27-31-30-24(19-12-18(28)8-10-21(19)33)32(27)20-9-7-14(2)11-15(20)3/h7-12,33H,6,13H2,1-5H3,(H,29,34). The van der Waals surface area contributed by atoms with Crippen LogP contribution in [-0.2, 0) is 9.53 Å². The zero-order valence-corrected chi connectivity index (χ0v) is 24.8. The fourth-order valence-electron chi connectivity index (χ4n) is 3.96. The Morgan fingerprint density at radius 3 is 2.61 bits per heavy atom. The minimum Gasteiger partial charge on any atom is -0.507 e. The van der Waals surface area contributed by atoms with Crippen LogP contribution in [-0.4, -0.2) is 44.1 Å². The van der Waals surface area contributed by atoms with Gasteiger partial charge in [0.25, 0.3) is 0 Å². The average molecular weight is 616 g/mol. The van der Waals surface area contributed by atoms with E-state index in [9.17, 15) is 14.7 Å². The van der Waals surface area contributed by atoms with E-state index in [-0.39, 0.29) is 24.0 Å². The molecule has 4 aromatic rings. The molecule has 0 atom stereocenters. The number of ether oxygens (including phenoxy) is 1. The van der Waals surface area contributed by atoms with Gasteiger partial charge >= 0.3 is 5.97 Å². The van der Waals surface area contributed by atoms with Crippen molar-refractivity contribution in [2.24, 2.45) is 0 Å². The molecule has 2 heterocycles. The highest BCUT2D eigenvalue weighted by Gasteiger charge is 2.24. The molecule has 0 radical (unpaired) electrons. The molecule has 0 aliphatic carbocycles.